The lowest BCUT2D eigenvalue weighted by molar-refractivity contribution is 0.0600. The van der Waals surface area contributed by atoms with Crippen molar-refractivity contribution >= 4 is 16.0 Å². The van der Waals surface area contributed by atoms with Crippen LogP contribution in [0.1, 0.15) is 34.3 Å². The molecule has 36 heavy (non-hydrogen) atoms. The lowest BCUT2D eigenvalue weighted by atomic mass is 10.0. The van der Waals surface area contributed by atoms with Gasteiger partial charge >= 0.3 is 5.97 Å². The summed E-state index contributed by atoms with van der Waals surface area (Å²) in [7, 11) is -0.867. The van der Waals surface area contributed by atoms with E-state index in [1.807, 2.05) is 24.3 Å². The third kappa shape index (κ3) is 6.10. The highest BCUT2D eigenvalue weighted by Crippen LogP contribution is 2.28. The van der Waals surface area contributed by atoms with Crippen LogP contribution in [0.25, 0.3) is 0 Å². The molecule has 1 aliphatic rings. The lowest BCUT2D eigenvalue weighted by Crippen LogP contribution is -2.46. The normalized spacial score (nSPS) is 15.1. The summed E-state index contributed by atoms with van der Waals surface area (Å²) in [6, 6.07) is 17.6. The maximum Gasteiger partial charge on any atom is 0.337 e. The van der Waals surface area contributed by atoms with Crippen molar-refractivity contribution in [1.82, 2.24) is 14.2 Å². The molecule has 2 heterocycles. The summed E-state index contributed by atoms with van der Waals surface area (Å²) in [6.07, 6.45) is 4.81. The third-order valence-electron chi connectivity index (χ3n) is 6.45. The van der Waals surface area contributed by atoms with Crippen molar-refractivity contribution in [3.63, 3.8) is 0 Å². The van der Waals surface area contributed by atoms with Gasteiger partial charge in [-0.05, 0) is 54.3 Å². The average molecular weight is 510 g/mol. The molecule has 0 saturated carbocycles. The second-order valence-corrected chi connectivity index (χ2v) is 10.7. The summed E-state index contributed by atoms with van der Waals surface area (Å²) in [5, 5.41) is 0. The highest BCUT2D eigenvalue weighted by molar-refractivity contribution is 7.89. The molecule has 0 spiro atoms. The van der Waals surface area contributed by atoms with Crippen LogP contribution < -0.4 is 4.74 Å². The molecule has 1 aliphatic heterocycles. The SMILES string of the molecule is COC(=O)c1ccc(CN2CCC(N(Cc3cccnc3)S(=O)(=O)c3cccc(OC)c3)CC2)cc1. The first-order valence-electron chi connectivity index (χ1n) is 11.8. The Balaban J connectivity index is 1.49. The number of nitrogens with zero attached hydrogens (tertiary/aromatic N) is 3. The standard InChI is InChI=1S/C27H31N3O5S/c1-34-25-6-3-7-26(17-25)36(32,33)30(20-22-5-4-14-28-18-22)24-12-15-29(16-13-24)19-21-8-10-23(11-9-21)27(31)35-2/h3-11,14,17-18,24H,12-13,15-16,19-20H2,1-2H3. The Labute approximate surface area is 212 Å². The average Bonchev–Trinajstić information content (AvgIpc) is 2.93. The van der Waals surface area contributed by atoms with Crippen LogP contribution in [0.5, 0.6) is 5.75 Å². The van der Waals surface area contributed by atoms with E-state index in [1.54, 1.807) is 53.1 Å². The Morgan fingerprint density at radius 1 is 1.03 bits per heavy atom. The van der Waals surface area contributed by atoms with Crippen molar-refractivity contribution in [1.29, 1.82) is 0 Å². The molecule has 190 valence electrons. The molecule has 0 amide bonds. The van der Waals surface area contributed by atoms with E-state index in [1.165, 1.54) is 14.2 Å². The van der Waals surface area contributed by atoms with Crippen LogP contribution in [-0.2, 0) is 27.8 Å². The summed E-state index contributed by atoms with van der Waals surface area (Å²) in [4.78, 5) is 18.4. The minimum atomic E-state index is -3.76. The van der Waals surface area contributed by atoms with Gasteiger partial charge in [-0.1, -0.05) is 24.3 Å². The van der Waals surface area contributed by atoms with E-state index in [0.29, 0.717) is 24.2 Å². The molecule has 0 radical (unpaired) electrons. The fourth-order valence-corrected chi connectivity index (χ4v) is 6.18. The Kier molecular flexibility index (Phi) is 8.35. The number of pyridine rings is 1. The minimum Gasteiger partial charge on any atom is -0.497 e. The van der Waals surface area contributed by atoms with E-state index in [2.05, 4.69) is 9.88 Å². The molecule has 3 aromatic rings. The number of piperidine rings is 1. The largest absolute Gasteiger partial charge is 0.497 e. The van der Waals surface area contributed by atoms with E-state index in [4.69, 9.17) is 9.47 Å². The summed E-state index contributed by atoms with van der Waals surface area (Å²) in [5.41, 5.74) is 2.46. The second kappa shape index (κ2) is 11.6. The van der Waals surface area contributed by atoms with Crippen molar-refractivity contribution in [3.8, 4) is 5.75 Å². The van der Waals surface area contributed by atoms with Crippen molar-refractivity contribution in [2.75, 3.05) is 27.3 Å². The number of likely N-dealkylation sites (tertiary alicyclic amines) is 1. The number of carbonyl (C=O) groups excluding carboxylic acids is 1. The number of rotatable bonds is 9. The monoisotopic (exact) mass is 509 g/mol. The number of carbonyl (C=O) groups is 1. The zero-order valence-electron chi connectivity index (χ0n) is 20.5. The molecule has 0 atom stereocenters. The fraction of sp³-hybridized carbons (Fsp3) is 0.333. The molecule has 0 aliphatic carbocycles. The van der Waals surface area contributed by atoms with Gasteiger partial charge in [-0.25, -0.2) is 13.2 Å². The van der Waals surface area contributed by atoms with E-state index >= 15 is 0 Å². The molecule has 9 heteroatoms. The number of methoxy groups -OCH3 is 2. The first-order chi connectivity index (χ1) is 17.4. The van der Waals surface area contributed by atoms with Gasteiger partial charge < -0.3 is 9.47 Å². The van der Waals surface area contributed by atoms with Crippen molar-refractivity contribution in [2.24, 2.45) is 0 Å². The van der Waals surface area contributed by atoms with E-state index in [0.717, 1.165) is 30.8 Å². The molecule has 4 rings (SSSR count). The highest BCUT2D eigenvalue weighted by atomic mass is 32.2. The van der Waals surface area contributed by atoms with E-state index in [9.17, 15) is 13.2 Å². The molecule has 0 bridgehead atoms. The predicted octanol–water partition coefficient (Wildman–Crippen LogP) is 3.73. The number of esters is 1. The zero-order chi connectivity index (χ0) is 25.5. The van der Waals surface area contributed by atoms with Crippen molar-refractivity contribution in [3.05, 3.63) is 89.7 Å². The molecule has 0 unspecified atom stereocenters. The van der Waals surface area contributed by atoms with Gasteiger partial charge in [-0.15, -0.1) is 0 Å². The molecule has 2 aromatic carbocycles. The fourth-order valence-electron chi connectivity index (χ4n) is 4.47. The molecule has 1 aromatic heterocycles. The Bertz CT molecular complexity index is 1260. The first kappa shape index (κ1) is 25.8. The van der Waals surface area contributed by atoms with E-state index < -0.39 is 10.0 Å². The van der Waals surface area contributed by atoms with Crippen molar-refractivity contribution in [2.45, 2.75) is 36.9 Å². The van der Waals surface area contributed by atoms with Crippen LogP contribution in [0, 0.1) is 0 Å². The van der Waals surface area contributed by atoms with Crippen LogP contribution in [0.2, 0.25) is 0 Å². The van der Waals surface area contributed by atoms with E-state index in [-0.39, 0.29) is 23.5 Å². The number of ether oxygens (including phenoxy) is 2. The van der Waals surface area contributed by atoms with Gasteiger partial charge in [0.25, 0.3) is 0 Å². The van der Waals surface area contributed by atoms with Gasteiger partial charge in [0.1, 0.15) is 5.75 Å². The smallest absolute Gasteiger partial charge is 0.337 e. The van der Waals surface area contributed by atoms with Crippen LogP contribution in [0.15, 0.2) is 78.0 Å². The Morgan fingerprint density at radius 3 is 2.42 bits per heavy atom. The van der Waals surface area contributed by atoms with Gasteiger partial charge in [0, 0.05) is 50.7 Å². The van der Waals surface area contributed by atoms with Gasteiger partial charge in [0.05, 0.1) is 24.7 Å². The Hall–Kier alpha value is -3.27. The maximum atomic E-state index is 13.8. The summed E-state index contributed by atoms with van der Waals surface area (Å²) in [5.74, 6) is 0.152. The number of benzene rings is 2. The quantitative estimate of drug-likeness (QED) is 0.406. The summed E-state index contributed by atoms with van der Waals surface area (Å²) >= 11 is 0. The second-order valence-electron chi connectivity index (χ2n) is 8.79. The molecule has 0 N–H and O–H groups in total. The van der Waals surface area contributed by atoms with Crippen molar-refractivity contribution < 1.29 is 22.7 Å². The number of hydrogen-bond donors (Lipinski definition) is 0. The van der Waals surface area contributed by atoms with Crippen LogP contribution in [0.4, 0.5) is 0 Å². The van der Waals surface area contributed by atoms with Gasteiger partial charge in [-0.2, -0.15) is 4.31 Å². The number of hydrogen-bond acceptors (Lipinski definition) is 7. The first-order valence-corrected chi connectivity index (χ1v) is 13.3. The lowest BCUT2D eigenvalue weighted by Gasteiger charge is -2.38. The van der Waals surface area contributed by atoms with Crippen LogP contribution in [0.3, 0.4) is 0 Å². The summed E-state index contributed by atoms with van der Waals surface area (Å²) < 4.78 is 39.2. The Morgan fingerprint density at radius 2 is 1.78 bits per heavy atom. The molecule has 8 nitrogen and oxygen atoms in total. The predicted molar refractivity (Wildman–Crippen MR) is 136 cm³/mol. The molecule has 1 fully saturated rings. The number of sulfonamides is 1. The molecular weight excluding hydrogens is 478 g/mol. The topological polar surface area (TPSA) is 89.0 Å². The molecule has 1 saturated heterocycles. The minimum absolute atomic E-state index is 0.139. The van der Waals surface area contributed by atoms with Crippen LogP contribution in [-0.4, -0.2) is 61.9 Å². The number of aromatic nitrogens is 1. The van der Waals surface area contributed by atoms with Crippen LogP contribution >= 0.6 is 0 Å². The van der Waals surface area contributed by atoms with Gasteiger partial charge in [0.15, 0.2) is 0 Å². The third-order valence-corrected chi connectivity index (χ3v) is 8.35. The molecular formula is C27H31N3O5S. The van der Waals surface area contributed by atoms with Gasteiger partial charge in [0.2, 0.25) is 10.0 Å². The highest BCUT2D eigenvalue weighted by Gasteiger charge is 2.34. The van der Waals surface area contributed by atoms with Gasteiger partial charge in [-0.3, -0.25) is 9.88 Å². The summed E-state index contributed by atoms with van der Waals surface area (Å²) in [6.45, 7) is 2.52. The maximum absolute atomic E-state index is 13.8. The zero-order valence-corrected chi connectivity index (χ0v) is 21.4.